The predicted octanol–water partition coefficient (Wildman–Crippen LogP) is 1.87. The van der Waals surface area contributed by atoms with Crippen LogP contribution in [0.15, 0.2) is 36.5 Å². The van der Waals surface area contributed by atoms with E-state index in [1.165, 1.54) is 5.56 Å². The molecule has 1 aromatic heterocycles. The first kappa shape index (κ1) is 10.2. The smallest absolute Gasteiger partial charge is 0.227 e. The first-order valence-corrected chi connectivity index (χ1v) is 5.79. The van der Waals surface area contributed by atoms with Crippen molar-refractivity contribution in [3.63, 3.8) is 0 Å². The molecule has 2 heterocycles. The van der Waals surface area contributed by atoms with E-state index in [9.17, 15) is 0 Å². The van der Waals surface area contributed by atoms with Crippen LogP contribution in [0.4, 0.5) is 11.6 Å². The second-order valence-corrected chi connectivity index (χ2v) is 4.08. The van der Waals surface area contributed by atoms with E-state index in [1.54, 1.807) is 0 Å². The molecule has 0 spiro atoms. The highest BCUT2D eigenvalue weighted by molar-refractivity contribution is 5.52. The number of nitrogens with zero attached hydrogens (tertiary/aromatic N) is 2. The van der Waals surface area contributed by atoms with Crippen molar-refractivity contribution in [2.45, 2.75) is 13.0 Å². The Kier molecular flexibility index (Phi) is 2.71. The van der Waals surface area contributed by atoms with Crippen molar-refractivity contribution in [3.05, 3.63) is 47.8 Å². The van der Waals surface area contributed by atoms with Crippen molar-refractivity contribution < 1.29 is 0 Å². The highest BCUT2D eigenvalue weighted by Crippen LogP contribution is 2.15. The largest absolute Gasteiger partial charge is 0.324 e. The highest BCUT2D eigenvalue weighted by atomic mass is 15.1. The summed E-state index contributed by atoms with van der Waals surface area (Å²) in [6.45, 7) is 1.87. The molecule has 0 radical (unpaired) electrons. The van der Waals surface area contributed by atoms with Gasteiger partial charge in [0.15, 0.2) is 0 Å². The van der Waals surface area contributed by atoms with Crippen LogP contribution >= 0.6 is 0 Å². The third-order valence-electron chi connectivity index (χ3n) is 2.84. The summed E-state index contributed by atoms with van der Waals surface area (Å²) in [7, 11) is 0. The summed E-state index contributed by atoms with van der Waals surface area (Å²) in [6, 6.07) is 9.98. The van der Waals surface area contributed by atoms with Crippen LogP contribution in [0.25, 0.3) is 0 Å². The summed E-state index contributed by atoms with van der Waals surface area (Å²) in [5, 5.41) is 6.52. The van der Waals surface area contributed by atoms with Gasteiger partial charge in [0.2, 0.25) is 5.95 Å². The fourth-order valence-electron chi connectivity index (χ4n) is 1.95. The normalized spacial score (nSPS) is 14.1. The summed E-state index contributed by atoms with van der Waals surface area (Å²) in [5.74, 6) is 0.678. The molecule has 17 heavy (non-hydrogen) atoms. The van der Waals surface area contributed by atoms with Gasteiger partial charge < -0.3 is 10.6 Å². The summed E-state index contributed by atoms with van der Waals surface area (Å²) < 4.78 is 0. The van der Waals surface area contributed by atoms with E-state index in [1.807, 2.05) is 36.5 Å². The Morgan fingerprint density at radius 1 is 1.18 bits per heavy atom. The van der Waals surface area contributed by atoms with Crippen molar-refractivity contribution >= 4 is 11.6 Å². The van der Waals surface area contributed by atoms with Crippen LogP contribution in [0, 0.1) is 0 Å². The van der Waals surface area contributed by atoms with Gasteiger partial charge in [0.25, 0.3) is 0 Å². The Balaban J connectivity index is 1.84. The Morgan fingerprint density at radius 2 is 2.06 bits per heavy atom. The van der Waals surface area contributed by atoms with E-state index in [4.69, 9.17) is 0 Å². The van der Waals surface area contributed by atoms with Crippen LogP contribution in [-0.2, 0) is 13.0 Å². The number of fused-ring (bicyclic) bond motifs is 1. The first-order valence-electron chi connectivity index (χ1n) is 5.79. The van der Waals surface area contributed by atoms with Gasteiger partial charge in [0.05, 0.1) is 5.69 Å². The molecule has 86 valence electrons. The molecule has 1 aromatic carbocycles. The third-order valence-corrected chi connectivity index (χ3v) is 2.84. The van der Waals surface area contributed by atoms with Crippen molar-refractivity contribution in [1.29, 1.82) is 0 Å². The second kappa shape index (κ2) is 4.51. The number of aromatic nitrogens is 2. The molecule has 0 saturated carbocycles. The predicted molar refractivity (Wildman–Crippen MR) is 67.2 cm³/mol. The fourth-order valence-corrected chi connectivity index (χ4v) is 1.95. The molecule has 2 N–H and O–H groups in total. The van der Waals surface area contributed by atoms with Gasteiger partial charge in [-0.15, -0.1) is 0 Å². The van der Waals surface area contributed by atoms with Gasteiger partial charge in [-0.05, 0) is 12.1 Å². The second-order valence-electron chi connectivity index (χ2n) is 4.08. The highest BCUT2D eigenvalue weighted by Gasteiger charge is 2.11. The van der Waals surface area contributed by atoms with Gasteiger partial charge in [0, 0.05) is 37.0 Å². The summed E-state index contributed by atoms with van der Waals surface area (Å²) in [4.78, 5) is 8.87. The zero-order valence-electron chi connectivity index (χ0n) is 9.48. The van der Waals surface area contributed by atoms with Crippen molar-refractivity contribution in [3.8, 4) is 0 Å². The van der Waals surface area contributed by atoms with Crippen LogP contribution in [0.2, 0.25) is 0 Å². The molecule has 0 aliphatic carbocycles. The third kappa shape index (κ3) is 2.26. The Hall–Kier alpha value is -1.94. The molecule has 0 bridgehead atoms. The van der Waals surface area contributed by atoms with E-state index in [-0.39, 0.29) is 0 Å². The van der Waals surface area contributed by atoms with Crippen LogP contribution in [0.5, 0.6) is 0 Å². The monoisotopic (exact) mass is 226 g/mol. The molecular weight excluding hydrogens is 212 g/mol. The van der Waals surface area contributed by atoms with E-state index >= 15 is 0 Å². The Labute approximate surface area is 100 Å². The van der Waals surface area contributed by atoms with Gasteiger partial charge in [-0.2, -0.15) is 0 Å². The number of rotatable bonds is 2. The number of nitrogens with one attached hydrogen (secondary N) is 2. The lowest BCUT2D eigenvalue weighted by Crippen LogP contribution is -2.25. The van der Waals surface area contributed by atoms with Crippen molar-refractivity contribution in [1.82, 2.24) is 15.3 Å². The molecule has 0 unspecified atom stereocenters. The number of benzene rings is 1. The van der Waals surface area contributed by atoms with E-state index in [0.29, 0.717) is 5.95 Å². The van der Waals surface area contributed by atoms with Gasteiger partial charge in [0.1, 0.15) is 0 Å². The van der Waals surface area contributed by atoms with Crippen LogP contribution in [0.1, 0.15) is 11.3 Å². The SMILES string of the molecule is c1ccc(Nc2ncc3c(n2)CCNC3)cc1. The lowest BCUT2D eigenvalue weighted by molar-refractivity contribution is 0.627. The van der Waals surface area contributed by atoms with Crippen LogP contribution in [-0.4, -0.2) is 16.5 Å². The summed E-state index contributed by atoms with van der Waals surface area (Å²) in [6.07, 6.45) is 2.88. The molecule has 2 aromatic rings. The molecule has 1 aliphatic rings. The number of anilines is 2. The van der Waals surface area contributed by atoms with Gasteiger partial charge >= 0.3 is 0 Å². The molecule has 4 nitrogen and oxygen atoms in total. The van der Waals surface area contributed by atoms with Crippen LogP contribution < -0.4 is 10.6 Å². The van der Waals surface area contributed by atoms with Gasteiger partial charge in [-0.3, -0.25) is 0 Å². The first-order chi connectivity index (χ1) is 8.42. The average molecular weight is 226 g/mol. The standard InChI is InChI=1S/C13H14N4/c1-2-4-11(5-3-1)16-13-15-9-10-8-14-7-6-12(10)17-13/h1-5,9,14H,6-8H2,(H,15,16,17). The Bertz CT molecular complexity index is 510. The zero-order chi connectivity index (χ0) is 11.5. The average Bonchev–Trinajstić information content (AvgIpc) is 2.40. The number of hydrogen-bond acceptors (Lipinski definition) is 4. The number of para-hydroxylation sites is 1. The van der Waals surface area contributed by atoms with E-state index in [0.717, 1.165) is 30.9 Å². The van der Waals surface area contributed by atoms with Gasteiger partial charge in [-0.1, -0.05) is 18.2 Å². The molecule has 0 saturated heterocycles. The van der Waals surface area contributed by atoms with E-state index in [2.05, 4.69) is 20.6 Å². The minimum absolute atomic E-state index is 0.678. The van der Waals surface area contributed by atoms with Gasteiger partial charge in [-0.25, -0.2) is 9.97 Å². The maximum Gasteiger partial charge on any atom is 0.227 e. The minimum atomic E-state index is 0.678. The lowest BCUT2D eigenvalue weighted by atomic mass is 10.1. The topological polar surface area (TPSA) is 49.8 Å². The maximum absolute atomic E-state index is 4.55. The molecule has 3 rings (SSSR count). The molecule has 4 heteroatoms. The molecule has 0 amide bonds. The summed E-state index contributed by atoms with van der Waals surface area (Å²) >= 11 is 0. The quantitative estimate of drug-likeness (QED) is 0.820. The maximum atomic E-state index is 4.55. The minimum Gasteiger partial charge on any atom is -0.324 e. The molecule has 0 fully saturated rings. The molecule has 0 atom stereocenters. The van der Waals surface area contributed by atoms with E-state index < -0.39 is 0 Å². The van der Waals surface area contributed by atoms with Crippen LogP contribution in [0.3, 0.4) is 0 Å². The summed E-state index contributed by atoms with van der Waals surface area (Å²) in [5.41, 5.74) is 3.37. The zero-order valence-corrected chi connectivity index (χ0v) is 9.48. The Morgan fingerprint density at radius 3 is 2.94 bits per heavy atom. The fraction of sp³-hybridized carbons (Fsp3) is 0.231. The van der Waals surface area contributed by atoms with Crippen molar-refractivity contribution in [2.24, 2.45) is 0 Å². The van der Waals surface area contributed by atoms with Crippen molar-refractivity contribution in [2.75, 3.05) is 11.9 Å². The molecular formula is C13H14N4. The number of hydrogen-bond donors (Lipinski definition) is 2. The molecule has 1 aliphatic heterocycles. The lowest BCUT2D eigenvalue weighted by Gasteiger charge is -2.16.